The van der Waals surface area contributed by atoms with Crippen molar-refractivity contribution in [2.24, 2.45) is 0 Å². The molecule has 2 rings (SSSR count). The molecule has 0 atom stereocenters. The van der Waals surface area contributed by atoms with E-state index in [1.807, 2.05) is 24.3 Å². The quantitative estimate of drug-likeness (QED) is 0.663. The molecule has 0 bridgehead atoms. The fourth-order valence-electron chi connectivity index (χ4n) is 2.43. The molecule has 0 aliphatic carbocycles. The van der Waals surface area contributed by atoms with Crippen LogP contribution >= 0.6 is 0 Å². The maximum absolute atomic E-state index is 4.13. The Labute approximate surface area is 121 Å². The average molecular weight is 274 g/mol. The van der Waals surface area contributed by atoms with E-state index in [9.17, 15) is 0 Å². The van der Waals surface area contributed by atoms with Gasteiger partial charge in [0, 0.05) is 6.54 Å². The Kier molecular flexibility index (Phi) is 6.35. The molecule has 1 heterocycles. The standard InChI is InChI=1S/C16H26N4/c1-2-3-4-5-6-7-8-11-14-17-20-16-13-10-9-12-15(16)18-19-20/h9-10,12-13,17H,2-8,11,14H2,1H3. The molecule has 0 amide bonds. The highest BCUT2D eigenvalue weighted by molar-refractivity contribution is 5.73. The van der Waals surface area contributed by atoms with Gasteiger partial charge in [0.15, 0.2) is 0 Å². The van der Waals surface area contributed by atoms with Crippen LogP contribution in [0.25, 0.3) is 11.0 Å². The summed E-state index contributed by atoms with van der Waals surface area (Å²) in [6.45, 7) is 3.22. The van der Waals surface area contributed by atoms with E-state index >= 15 is 0 Å². The molecule has 2 aromatic rings. The van der Waals surface area contributed by atoms with Crippen LogP contribution in [-0.2, 0) is 0 Å². The molecule has 110 valence electrons. The van der Waals surface area contributed by atoms with Crippen molar-refractivity contribution in [2.75, 3.05) is 12.0 Å². The number of hydrogen-bond donors (Lipinski definition) is 1. The van der Waals surface area contributed by atoms with Crippen molar-refractivity contribution in [2.45, 2.75) is 58.3 Å². The first-order valence-electron chi connectivity index (χ1n) is 7.96. The Morgan fingerprint density at radius 1 is 0.950 bits per heavy atom. The van der Waals surface area contributed by atoms with Gasteiger partial charge in [0.05, 0.1) is 0 Å². The van der Waals surface area contributed by atoms with Crippen LogP contribution in [0, 0.1) is 0 Å². The lowest BCUT2D eigenvalue weighted by atomic mass is 10.1. The van der Waals surface area contributed by atoms with E-state index in [0.717, 1.165) is 17.6 Å². The zero-order valence-corrected chi connectivity index (χ0v) is 12.5. The molecule has 0 saturated heterocycles. The van der Waals surface area contributed by atoms with Crippen LogP contribution in [0.15, 0.2) is 24.3 Å². The van der Waals surface area contributed by atoms with Crippen molar-refractivity contribution < 1.29 is 0 Å². The predicted molar refractivity (Wildman–Crippen MR) is 84.4 cm³/mol. The van der Waals surface area contributed by atoms with Gasteiger partial charge in [-0.25, -0.2) is 0 Å². The Morgan fingerprint density at radius 2 is 1.65 bits per heavy atom. The molecule has 1 aromatic carbocycles. The van der Waals surface area contributed by atoms with Crippen LogP contribution in [0.4, 0.5) is 0 Å². The third-order valence-electron chi connectivity index (χ3n) is 3.64. The number of nitrogens with zero attached hydrogens (tertiary/aromatic N) is 3. The summed E-state index contributed by atoms with van der Waals surface area (Å²) in [7, 11) is 0. The van der Waals surface area contributed by atoms with Gasteiger partial charge in [-0.05, 0) is 23.8 Å². The maximum Gasteiger partial charge on any atom is 0.115 e. The molecule has 20 heavy (non-hydrogen) atoms. The van der Waals surface area contributed by atoms with E-state index in [1.165, 1.54) is 51.4 Å². The minimum absolute atomic E-state index is 0.941. The van der Waals surface area contributed by atoms with Crippen LogP contribution in [0.2, 0.25) is 0 Å². The Hall–Kier alpha value is -1.58. The van der Waals surface area contributed by atoms with Gasteiger partial charge in [0.25, 0.3) is 0 Å². The van der Waals surface area contributed by atoms with Gasteiger partial charge in [0.2, 0.25) is 0 Å². The van der Waals surface area contributed by atoms with Crippen LogP contribution in [0.5, 0.6) is 0 Å². The summed E-state index contributed by atoms with van der Waals surface area (Å²) in [5.41, 5.74) is 5.31. The van der Waals surface area contributed by atoms with Crippen LogP contribution < -0.4 is 5.43 Å². The number of rotatable bonds is 10. The van der Waals surface area contributed by atoms with E-state index in [4.69, 9.17) is 0 Å². The molecule has 0 radical (unpaired) electrons. The molecule has 0 saturated carbocycles. The summed E-state index contributed by atoms with van der Waals surface area (Å²) in [4.78, 5) is 1.79. The van der Waals surface area contributed by atoms with Crippen LogP contribution in [0.3, 0.4) is 0 Å². The molecule has 0 unspecified atom stereocenters. The molecule has 4 heteroatoms. The lowest BCUT2D eigenvalue weighted by Crippen LogP contribution is -2.17. The van der Waals surface area contributed by atoms with E-state index in [1.54, 1.807) is 4.79 Å². The maximum atomic E-state index is 4.13. The van der Waals surface area contributed by atoms with E-state index in [-0.39, 0.29) is 0 Å². The van der Waals surface area contributed by atoms with E-state index < -0.39 is 0 Å². The third kappa shape index (κ3) is 4.51. The smallest absolute Gasteiger partial charge is 0.115 e. The normalized spacial score (nSPS) is 11.1. The van der Waals surface area contributed by atoms with Crippen molar-refractivity contribution in [3.63, 3.8) is 0 Å². The summed E-state index contributed by atoms with van der Waals surface area (Å²) in [6.07, 6.45) is 10.7. The third-order valence-corrected chi connectivity index (χ3v) is 3.64. The Bertz CT molecular complexity index is 492. The zero-order valence-electron chi connectivity index (χ0n) is 12.5. The van der Waals surface area contributed by atoms with E-state index in [0.29, 0.717) is 0 Å². The average Bonchev–Trinajstić information content (AvgIpc) is 2.89. The van der Waals surface area contributed by atoms with Crippen molar-refractivity contribution in [3.8, 4) is 0 Å². The highest BCUT2D eigenvalue weighted by Gasteiger charge is 2.01. The van der Waals surface area contributed by atoms with Crippen LogP contribution in [0.1, 0.15) is 58.3 Å². The molecule has 0 aliphatic heterocycles. The lowest BCUT2D eigenvalue weighted by molar-refractivity contribution is 0.572. The molecular weight excluding hydrogens is 248 g/mol. The van der Waals surface area contributed by atoms with Gasteiger partial charge < -0.3 is 5.43 Å². The van der Waals surface area contributed by atoms with Gasteiger partial charge in [-0.2, -0.15) is 4.79 Å². The number of hydrogen-bond acceptors (Lipinski definition) is 3. The van der Waals surface area contributed by atoms with Crippen molar-refractivity contribution in [1.29, 1.82) is 0 Å². The van der Waals surface area contributed by atoms with Gasteiger partial charge >= 0.3 is 0 Å². The van der Waals surface area contributed by atoms with Gasteiger partial charge in [-0.3, -0.25) is 0 Å². The Balaban J connectivity index is 1.57. The van der Waals surface area contributed by atoms with Crippen molar-refractivity contribution in [1.82, 2.24) is 15.1 Å². The van der Waals surface area contributed by atoms with Crippen molar-refractivity contribution >= 4 is 11.0 Å². The number of aromatic nitrogens is 3. The highest BCUT2D eigenvalue weighted by Crippen LogP contribution is 2.09. The summed E-state index contributed by atoms with van der Waals surface area (Å²) in [6, 6.07) is 8.02. The van der Waals surface area contributed by atoms with Gasteiger partial charge in [-0.15, -0.1) is 5.10 Å². The summed E-state index contributed by atoms with van der Waals surface area (Å²) < 4.78 is 0. The largest absolute Gasteiger partial charge is 0.308 e. The Morgan fingerprint density at radius 3 is 2.45 bits per heavy atom. The second-order valence-corrected chi connectivity index (χ2v) is 5.37. The molecule has 0 aliphatic rings. The first-order chi connectivity index (χ1) is 9.92. The number of para-hydroxylation sites is 1. The first kappa shape index (κ1) is 14.8. The monoisotopic (exact) mass is 274 g/mol. The second kappa shape index (κ2) is 8.56. The molecule has 1 aromatic heterocycles. The predicted octanol–water partition coefficient (Wildman–Crippen LogP) is 4.12. The fraction of sp³-hybridized carbons (Fsp3) is 0.625. The van der Waals surface area contributed by atoms with Crippen molar-refractivity contribution in [3.05, 3.63) is 24.3 Å². The minimum Gasteiger partial charge on any atom is -0.308 e. The number of benzene rings is 1. The summed E-state index contributed by atoms with van der Waals surface area (Å²) in [5.74, 6) is 0. The van der Waals surface area contributed by atoms with Gasteiger partial charge in [-0.1, -0.05) is 64.0 Å². The topological polar surface area (TPSA) is 42.7 Å². The van der Waals surface area contributed by atoms with Crippen LogP contribution in [-0.4, -0.2) is 21.6 Å². The summed E-state index contributed by atoms with van der Waals surface area (Å²) >= 11 is 0. The molecule has 1 N–H and O–H groups in total. The number of fused-ring (bicyclic) bond motifs is 1. The second-order valence-electron chi connectivity index (χ2n) is 5.37. The highest BCUT2D eigenvalue weighted by atomic mass is 15.6. The number of unbranched alkanes of at least 4 members (excludes halogenated alkanes) is 7. The number of nitrogens with one attached hydrogen (secondary N) is 1. The minimum atomic E-state index is 0.941. The fourth-order valence-corrected chi connectivity index (χ4v) is 2.43. The molecular formula is C16H26N4. The zero-order chi connectivity index (χ0) is 14.0. The lowest BCUT2D eigenvalue weighted by Gasteiger charge is -2.06. The summed E-state index contributed by atoms with van der Waals surface area (Å²) in [5, 5.41) is 8.24. The molecule has 0 fully saturated rings. The first-order valence-corrected chi connectivity index (χ1v) is 7.96. The van der Waals surface area contributed by atoms with Gasteiger partial charge in [0.1, 0.15) is 11.0 Å². The molecule has 0 spiro atoms. The van der Waals surface area contributed by atoms with E-state index in [2.05, 4.69) is 22.7 Å². The molecule has 4 nitrogen and oxygen atoms in total. The SMILES string of the molecule is CCCCCCCCCCNn1nnc2ccccc21.